The summed E-state index contributed by atoms with van der Waals surface area (Å²) in [6.07, 6.45) is 5.47. The van der Waals surface area contributed by atoms with E-state index in [1.165, 1.54) is 5.56 Å². The number of piperidine rings is 1. The van der Waals surface area contributed by atoms with E-state index in [-0.39, 0.29) is 11.8 Å². The zero-order valence-electron chi connectivity index (χ0n) is 21.2. The second-order valence-electron chi connectivity index (χ2n) is 10.4. The van der Waals surface area contributed by atoms with Gasteiger partial charge in [-0.15, -0.1) is 0 Å². The van der Waals surface area contributed by atoms with Gasteiger partial charge in [0.15, 0.2) is 0 Å². The summed E-state index contributed by atoms with van der Waals surface area (Å²) in [5.41, 5.74) is 2.36. The molecule has 2 fully saturated rings. The van der Waals surface area contributed by atoms with Gasteiger partial charge in [-0.1, -0.05) is 35.5 Å². The standard InChI is InChI=1S/C29H35N3O4/c1-29(28(34)32-14-6-7-15-32)20-25(30-36-29)23-10-11-26(35-2)24(19-23)27(33)31-16-12-22(13-17-31)18-21-8-4-3-5-9-21/h3-5,8-11,19,22H,6-7,12-18,20H2,1-2H3. The van der Waals surface area contributed by atoms with Crippen molar-refractivity contribution in [3.8, 4) is 5.75 Å². The molecule has 0 bridgehead atoms. The molecule has 190 valence electrons. The van der Waals surface area contributed by atoms with Crippen LogP contribution >= 0.6 is 0 Å². The van der Waals surface area contributed by atoms with Crippen LogP contribution < -0.4 is 4.74 Å². The highest BCUT2D eigenvalue weighted by molar-refractivity contribution is 6.07. The minimum Gasteiger partial charge on any atom is -0.496 e. The minimum atomic E-state index is -0.996. The number of carbonyl (C=O) groups excluding carboxylic acids is 2. The van der Waals surface area contributed by atoms with Crippen molar-refractivity contribution in [1.29, 1.82) is 0 Å². The largest absolute Gasteiger partial charge is 0.496 e. The van der Waals surface area contributed by atoms with Gasteiger partial charge in [0.25, 0.3) is 11.8 Å². The molecule has 36 heavy (non-hydrogen) atoms. The van der Waals surface area contributed by atoms with Gasteiger partial charge in [0.2, 0.25) is 5.60 Å². The van der Waals surface area contributed by atoms with Gasteiger partial charge < -0.3 is 19.4 Å². The Hall–Kier alpha value is -3.35. The highest BCUT2D eigenvalue weighted by atomic mass is 16.7. The topological polar surface area (TPSA) is 71.4 Å². The average Bonchev–Trinajstić information content (AvgIpc) is 3.60. The van der Waals surface area contributed by atoms with Crippen molar-refractivity contribution < 1.29 is 19.2 Å². The number of methoxy groups -OCH3 is 1. The molecule has 5 rings (SSSR count). The number of oxime groups is 1. The maximum absolute atomic E-state index is 13.5. The van der Waals surface area contributed by atoms with Crippen LogP contribution in [-0.2, 0) is 16.1 Å². The molecule has 3 aliphatic rings. The van der Waals surface area contributed by atoms with Crippen LogP contribution in [0.25, 0.3) is 0 Å². The van der Waals surface area contributed by atoms with Crippen LogP contribution in [0, 0.1) is 5.92 Å². The van der Waals surface area contributed by atoms with E-state index in [9.17, 15) is 9.59 Å². The molecular formula is C29H35N3O4. The van der Waals surface area contributed by atoms with Gasteiger partial charge in [-0.25, -0.2) is 0 Å². The average molecular weight is 490 g/mol. The van der Waals surface area contributed by atoms with Crippen molar-refractivity contribution in [3.63, 3.8) is 0 Å². The predicted molar refractivity (Wildman–Crippen MR) is 138 cm³/mol. The lowest BCUT2D eigenvalue weighted by molar-refractivity contribution is -0.152. The predicted octanol–water partition coefficient (Wildman–Crippen LogP) is 4.30. The second-order valence-corrected chi connectivity index (χ2v) is 10.4. The van der Waals surface area contributed by atoms with Crippen molar-refractivity contribution in [2.75, 3.05) is 33.3 Å². The summed E-state index contributed by atoms with van der Waals surface area (Å²) < 4.78 is 5.54. The van der Waals surface area contributed by atoms with Gasteiger partial charge in [0, 0.05) is 38.2 Å². The Morgan fingerprint density at radius 1 is 1.03 bits per heavy atom. The first-order chi connectivity index (χ1) is 17.5. The number of hydrogen-bond donors (Lipinski definition) is 0. The van der Waals surface area contributed by atoms with E-state index in [2.05, 4.69) is 29.4 Å². The van der Waals surface area contributed by atoms with E-state index < -0.39 is 5.60 Å². The smallest absolute Gasteiger partial charge is 0.269 e. The minimum absolute atomic E-state index is 0.0121. The zero-order valence-corrected chi connectivity index (χ0v) is 21.2. The first-order valence-corrected chi connectivity index (χ1v) is 13.0. The summed E-state index contributed by atoms with van der Waals surface area (Å²) in [7, 11) is 1.58. The van der Waals surface area contributed by atoms with Gasteiger partial charge in [-0.05, 0) is 68.7 Å². The van der Waals surface area contributed by atoms with E-state index in [0.717, 1.165) is 63.8 Å². The van der Waals surface area contributed by atoms with E-state index in [1.54, 1.807) is 14.0 Å². The Kier molecular flexibility index (Phi) is 6.99. The molecule has 1 unspecified atom stereocenters. The summed E-state index contributed by atoms with van der Waals surface area (Å²) >= 11 is 0. The second kappa shape index (κ2) is 10.3. The molecule has 2 aromatic rings. The summed E-state index contributed by atoms with van der Waals surface area (Å²) in [5.74, 6) is 1.09. The SMILES string of the molecule is COc1ccc(C2=NOC(C)(C(=O)N3CCCC3)C2)cc1C(=O)N1CCC(Cc2ccccc2)CC1. The van der Waals surface area contributed by atoms with Gasteiger partial charge in [0.05, 0.1) is 18.4 Å². The lowest BCUT2D eigenvalue weighted by Gasteiger charge is -2.32. The molecule has 0 spiro atoms. The molecule has 2 saturated heterocycles. The Bertz CT molecular complexity index is 1130. The Morgan fingerprint density at radius 3 is 2.44 bits per heavy atom. The third kappa shape index (κ3) is 4.97. The Labute approximate surface area is 213 Å². The van der Waals surface area contributed by atoms with Crippen LogP contribution in [0.1, 0.15) is 60.5 Å². The number of benzene rings is 2. The fraction of sp³-hybridized carbons (Fsp3) is 0.483. The number of amides is 2. The molecule has 7 nitrogen and oxygen atoms in total. The fourth-order valence-corrected chi connectivity index (χ4v) is 5.58. The van der Waals surface area contributed by atoms with Gasteiger partial charge in [-0.3, -0.25) is 9.59 Å². The van der Waals surface area contributed by atoms with Gasteiger partial charge in [-0.2, -0.15) is 0 Å². The Morgan fingerprint density at radius 2 is 1.75 bits per heavy atom. The molecule has 0 radical (unpaired) electrons. The van der Waals surface area contributed by atoms with Crippen LogP contribution in [0.5, 0.6) is 5.75 Å². The summed E-state index contributed by atoms with van der Waals surface area (Å²) in [4.78, 5) is 36.0. The van der Waals surface area contributed by atoms with Crippen molar-refractivity contribution in [1.82, 2.24) is 9.80 Å². The number of carbonyl (C=O) groups is 2. The highest BCUT2D eigenvalue weighted by Gasteiger charge is 2.45. The van der Waals surface area contributed by atoms with Crippen LogP contribution in [-0.4, -0.2) is 66.2 Å². The van der Waals surface area contributed by atoms with E-state index in [0.29, 0.717) is 29.4 Å². The highest BCUT2D eigenvalue weighted by Crippen LogP contribution is 2.32. The molecule has 0 aliphatic carbocycles. The monoisotopic (exact) mass is 489 g/mol. The van der Waals surface area contributed by atoms with Crippen LogP contribution in [0.4, 0.5) is 0 Å². The van der Waals surface area contributed by atoms with Crippen molar-refractivity contribution >= 4 is 17.5 Å². The molecule has 7 heteroatoms. The molecular weight excluding hydrogens is 454 g/mol. The van der Waals surface area contributed by atoms with E-state index in [4.69, 9.17) is 9.57 Å². The number of ether oxygens (including phenoxy) is 1. The molecule has 0 saturated carbocycles. The third-order valence-electron chi connectivity index (χ3n) is 7.74. The van der Waals surface area contributed by atoms with Crippen molar-refractivity contribution in [2.24, 2.45) is 11.1 Å². The molecule has 0 N–H and O–H groups in total. The molecule has 1 atom stereocenters. The molecule has 2 amide bonds. The zero-order chi connectivity index (χ0) is 25.1. The Balaban J connectivity index is 1.26. The molecule has 3 heterocycles. The van der Waals surface area contributed by atoms with Crippen LogP contribution in [0.15, 0.2) is 53.7 Å². The number of hydrogen-bond acceptors (Lipinski definition) is 5. The molecule has 0 aromatic heterocycles. The fourth-order valence-electron chi connectivity index (χ4n) is 5.58. The molecule has 2 aromatic carbocycles. The maximum atomic E-state index is 13.5. The third-order valence-corrected chi connectivity index (χ3v) is 7.74. The summed E-state index contributed by atoms with van der Waals surface area (Å²) in [6.45, 7) is 4.82. The summed E-state index contributed by atoms with van der Waals surface area (Å²) in [5, 5.41) is 4.27. The van der Waals surface area contributed by atoms with Crippen molar-refractivity contribution in [2.45, 2.75) is 51.0 Å². The van der Waals surface area contributed by atoms with Crippen LogP contribution in [0.3, 0.4) is 0 Å². The number of nitrogens with zero attached hydrogens (tertiary/aromatic N) is 3. The maximum Gasteiger partial charge on any atom is 0.269 e. The molecule has 3 aliphatic heterocycles. The lowest BCUT2D eigenvalue weighted by atomic mass is 9.89. The van der Waals surface area contributed by atoms with Gasteiger partial charge in [0.1, 0.15) is 5.75 Å². The summed E-state index contributed by atoms with van der Waals surface area (Å²) in [6, 6.07) is 16.1. The first-order valence-electron chi connectivity index (χ1n) is 13.0. The lowest BCUT2D eigenvalue weighted by Crippen LogP contribution is -2.46. The van der Waals surface area contributed by atoms with E-state index in [1.807, 2.05) is 34.1 Å². The number of likely N-dealkylation sites (tertiary alicyclic amines) is 2. The quantitative estimate of drug-likeness (QED) is 0.607. The van der Waals surface area contributed by atoms with E-state index >= 15 is 0 Å². The van der Waals surface area contributed by atoms with Crippen LogP contribution in [0.2, 0.25) is 0 Å². The van der Waals surface area contributed by atoms with Gasteiger partial charge >= 0.3 is 0 Å². The normalized spacial score (nSPS) is 22.3. The van der Waals surface area contributed by atoms with Crippen molar-refractivity contribution in [3.05, 3.63) is 65.2 Å². The first kappa shape index (κ1) is 24.3. The number of rotatable bonds is 6.